The molecule has 11 heteroatoms. The van der Waals surface area contributed by atoms with Gasteiger partial charge in [-0.3, -0.25) is 14.6 Å². The number of methoxy groups -OCH3 is 1. The Bertz CT molecular complexity index is 1440. The lowest BCUT2D eigenvalue weighted by Crippen LogP contribution is -2.57. The van der Waals surface area contributed by atoms with Crippen LogP contribution in [0.5, 0.6) is 0 Å². The van der Waals surface area contributed by atoms with Crippen LogP contribution in [0, 0.1) is 0 Å². The normalized spacial score (nSPS) is 17.1. The second-order valence-corrected chi connectivity index (χ2v) is 11.4. The van der Waals surface area contributed by atoms with Crippen molar-refractivity contribution in [2.75, 3.05) is 26.7 Å². The van der Waals surface area contributed by atoms with Crippen LogP contribution in [0.2, 0.25) is 5.02 Å². The third-order valence-corrected chi connectivity index (χ3v) is 8.77. The zero-order chi connectivity index (χ0) is 27.3. The van der Waals surface area contributed by atoms with Crippen LogP contribution in [0.15, 0.2) is 59.9 Å². The second-order valence-electron chi connectivity index (χ2n) is 9.11. The van der Waals surface area contributed by atoms with Crippen molar-refractivity contribution in [2.45, 2.75) is 43.7 Å². The minimum absolute atomic E-state index is 0.00758. The Balaban J connectivity index is 1.48. The molecule has 1 aliphatic heterocycles. The van der Waals surface area contributed by atoms with E-state index < -0.39 is 22.0 Å². The van der Waals surface area contributed by atoms with Crippen molar-refractivity contribution in [3.8, 4) is 0 Å². The standard InChI is InChI=1S/C27H31ClN4O5S/c1-3-19(20-9-11-29-12-10-20)5-4-6-26(33)32-14-13-31(18-23(32)17-27(34)37-2)38(35,36)25-16-21-15-22(28)7-8-24(21)30-25/h5,7-12,15-16,23,30H,3-4,6,13-14,17-18H2,1-2H3/b19-5-. The predicted molar refractivity (Wildman–Crippen MR) is 146 cm³/mol. The zero-order valence-corrected chi connectivity index (χ0v) is 23.0. The number of aromatic amines is 1. The number of hydrogen-bond acceptors (Lipinski definition) is 6. The van der Waals surface area contributed by atoms with Crippen LogP contribution in [-0.2, 0) is 24.3 Å². The van der Waals surface area contributed by atoms with E-state index in [1.807, 2.05) is 18.2 Å². The van der Waals surface area contributed by atoms with Gasteiger partial charge >= 0.3 is 5.97 Å². The molecule has 2 aromatic heterocycles. The summed E-state index contributed by atoms with van der Waals surface area (Å²) in [7, 11) is -2.62. The molecule has 1 atom stereocenters. The summed E-state index contributed by atoms with van der Waals surface area (Å²) in [6.45, 7) is 2.35. The minimum atomic E-state index is -3.89. The van der Waals surface area contributed by atoms with Crippen molar-refractivity contribution in [3.05, 3.63) is 65.5 Å². The van der Waals surface area contributed by atoms with Gasteiger partial charge < -0.3 is 14.6 Å². The Labute approximate surface area is 227 Å². The Morgan fingerprint density at radius 2 is 1.95 bits per heavy atom. The van der Waals surface area contributed by atoms with E-state index in [1.54, 1.807) is 41.6 Å². The van der Waals surface area contributed by atoms with Gasteiger partial charge in [0.1, 0.15) is 5.03 Å². The van der Waals surface area contributed by atoms with Gasteiger partial charge in [0.05, 0.1) is 19.6 Å². The fourth-order valence-corrected chi connectivity index (χ4v) is 6.39. The molecule has 1 N–H and O–H groups in total. The fourth-order valence-electron chi connectivity index (χ4n) is 4.72. The van der Waals surface area contributed by atoms with E-state index in [2.05, 4.69) is 16.9 Å². The third-order valence-electron chi connectivity index (χ3n) is 6.75. The minimum Gasteiger partial charge on any atom is -0.469 e. The van der Waals surface area contributed by atoms with E-state index in [1.165, 1.54) is 11.4 Å². The van der Waals surface area contributed by atoms with Crippen molar-refractivity contribution in [2.24, 2.45) is 0 Å². The highest BCUT2D eigenvalue weighted by Gasteiger charge is 2.37. The van der Waals surface area contributed by atoms with Gasteiger partial charge in [0.15, 0.2) is 0 Å². The van der Waals surface area contributed by atoms with Crippen LogP contribution in [0.4, 0.5) is 0 Å². The quantitative estimate of drug-likeness (QED) is 0.393. The number of halogens is 1. The Morgan fingerprint density at radius 3 is 2.66 bits per heavy atom. The van der Waals surface area contributed by atoms with Gasteiger partial charge in [0, 0.05) is 54.4 Å². The number of aromatic nitrogens is 2. The number of nitrogens with zero attached hydrogens (tertiary/aromatic N) is 3. The number of benzene rings is 1. The number of allylic oxidation sites excluding steroid dienone is 2. The SMILES string of the molecule is CC/C(=C/CCC(=O)N1CCN(S(=O)(=O)c2cc3cc(Cl)ccc3[nH]2)CC1CC(=O)OC)c1ccncc1. The average Bonchev–Trinajstić information content (AvgIpc) is 3.35. The van der Waals surface area contributed by atoms with Gasteiger partial charge in [0.2, 0.25) is 5.91 Å². The first kappa shape index (κ1) is 27.8. The van der Waals surface area contributed by atoms with Crippen LogP contribution < -0.4 is 0 Å². The molecule has 3 heterocycles. The summed E-state index contributed by atoms with van der Waals surface area (Å²) in [4.78, 5) is 34.0. The number of ether oxygens (including phenoxy) is 1. The summed E-state index contributed by atoms with van der Waals surface area (Å²) in [5.41, 5.74) is 2.85. The number of rotatable bonds is 9. The Hall–Kier alpha value is -3.21. The van der Waals surface area contributed by atoms with Gasteiger partial charge in [0.25, 0.3) is 10.0 Å². The Kier molecular flexibility index (Phi) is 8.86. The Morgan fingerprint density at radius 1 is 1.18 bits per heavy atom. The fraction of sp³-hybridized carbons (Fsp3) is 0.370. The lowest BCUT2D eigenvalue weighted by atomic mass is 10.0. The maximum atomic E-state index is 13.5. The van der Waals surface area contributed by atoms with Gasteiger partial charge in [-0.25, -0.2) is 8.42 Å². The van der Waals surface area contributed by atoms with Gasteiger partial charge in [-0.05, 0) is 60.4 Å². The summed E-state index contributed by atoms with van der Waals surface area (Å²) in [6.07, 6.45) is 7.03. The largest absolute Gasteiger partial charge is 0.469 e. The molecule has 9 nitrogen and oxygen atoms in total. The third kappa shape index (κ3) is 6.25. The van der Waals surface area contributed by atoms with Gasteiger partial charge in [-0.1, -0.05) is 24.6 Å². The van der Waals surface area contributed by atoms with E-state index in [4.69, 9.17) is 16.3 Å². The molecule has 4 rings (SSSR count). The number of amides is 1. The molecular weight excluding hydrogens is 528 g/mol. The van der Waals surface area contributed by atoms with Crippen molar-refractivity contribution >= 4 is 50.0 Å². The second kappa shape index (κ2) is 12.1. The monoisotopic (exact) mass is 558 g/mol. The lowest BCUT2D eigenvalue weighted by Gasteiger charge is -2.40. The van der Waals surface area contributed by atoms with Crippen LogP contribution >= 0.6 is 11.6 Å². The first-order valence-corrected chi connectivity index (χ1v) is 14.3. The highest BCUT2D eigenvalue weighted by atomic mass is 35.5. The van der Waals surface area contributed by atoms with Crippen molar-refractivity contribution in [3.63, 3.8) is 0 Å². The van der Waals surface area contributed by atoms with Crippen LogP contribution in [0.25, 0.3) is 16.5 Å². The van der Waals surface area contributed by atoms with Crippen LogP contribution in [-0.4, -0.2) is 72.3 Å². The van der Waals surface area contributed by atoms with E-state index in [0.717, 1.165) is 17.6 Å². The number of piperazine rings is 1. The molecule has 1 aliphatic rings. The molecule has 0 radical (unpaired) electrons. The highest BCUT2D eigenvalue weighted by molar-refractivity contribution is 7.89. The van der Waals surface area contributed by atoms with Gasteiger partial charge in [-0.2, -0.15) is 4.31 Å². The first-order chi connectivity index (χ1) is 18.2. The topological polar surface area (TPSA) is 113 Å². The number of carbonyl (C=O) groups excluding carboxylic acids is 2. The van der Waals surface area contributed by atoms with E-state index in [9.17, 15) is 18.0 Å². The molecule has 0 aliphatic carbocycles. The molecule has 0 spiro atoms. The lowest BCUT2D eigenvalue weighted by molar-refractivity contribution is -0.144. The number of pyridine rings is 1. The van der Waals surface area contributed by atoms with Crippen molar-refractivity contribution in [1.82, 2.24) is 19.2 Å². The molecule has 1 amide bonds. The molecule has 0 bridgehead atoms. The molecule has 1 saturated heterocycles. The van der Waals surface area contributed by atoms with Crippen molar-refractivity contribution in [1.29, 1.82) is 0 Å². The smallest absolute Gasteiger partial charge is 0.307 e. The zero-order valence-electron chi connectivity index (χ0n) is 21.4. The number of fused-ring (bicyclic) bond motifs is 1. The molecule has 202 valence electrons. The number of hydrogen-bond donors (Lipinski definition) is 1. The summed E-state index contributed by atoms with van der Waals surface area (Å²) in [6, 6.07) is 9.88. The van der Waals surface area contributed by atoms with E-state index in [-0.39, 0.29) is 43.4 Å². The number of carbonyl (C=O) groups is 2. The maximum absolute atomic E-state index is 13.5. The number of esters is 1. The van der Waals surface area contributed by atoms with Crippen molar-refractivity contribution < 1.29 is 22.7 Å². The predicted octanol–water partition coefficient (Wildman–Crippen LogP) is 4.25. The molecule has 0 saturated carbocycles. The molecule has 1 fully saturated rings. The van der Waals surface area contributed by atoms with E-state index >= 15 is 0 Å². The highest BCUT2D eigenvalue weighted by Crippen LogP contribution is 2.27. The number of sulfonamides is 1. The summed E-state index contributed by atoms with van der Waals surface area (Å²) >= 11 is 6.05. The first-order valence-electron chi connectivity index (χ1n) is 12.5. The molecule has 3 aromatic rings. The molecular formula is C27H31ClN4O5S. The van der Waals surface area contributed by atoms with E-state index in [0.29, 0.717) is 22.3 Å². The molecule has 38 heavy (non-hydrogen) atoms. The maximum Gasteiger partial charge on any atom is 0.307 e. The molecule has 1 aromatic carbocycles. The summed E-state index contributed by atoms with van der Waals surface area (Å²) in [5.74, 6) is -0.629. The van der Waals surface area contributed by atoms with Gasteiger partial charge in [-0.15, -0.1) is 0 Å². The summed E-state index contributed by atoms with van der Waals surface area (Å²) in [5, 5.41) is 1.23. The van der Waals surface area contributed by atoms with Crippen LogP contribution in [0.1, 0.15) is 38.2 Å². The number of H-pyrrole nitrogens is 1. The van der Waals surface area contributed by atoms with Crippen LogP contribution in [0.3, 0.4) is 0 Å². The number of nitrogens with one attached hydrogen (secondary N) is 1. The average molecular weight is 559 g/mol. The molecule has 1 unspecified atom stereocenters. The summed E-state index contributed by atoms with van der Waals surface area (Å²) < 4.78 is 33.1.